The molecule has 1 heterocycles. The third-order valence-corrected chi connectivity index (χ3v) is 6.28. The molecule has 2 aliphatic rings. The lowest BCUT2D eigenvalue weighted by Crippen LogP contribution is -2.53. The number of nitrogens with two attached hydrogens (primary N) is 3. The fraction of sp³-hybridized carbons (Fsp3) is 0.417. The summed E-state index contributed by atoms with van der Waals surface area (Å²) in [5.41, 5.74) is 19.9. The molecule has 0 spiro atoms. The maximum absolute atomic E-state index is 12.9. The Morgan fingerprint density at radius 1 is 0.906 bits per heavy atom. The highest BCUT2D eigenvalue weighted by atomic mass is 16.3. The van der Waals surface area contributed by atoms with Crippen LogP contribution in [0.3, 0.4) is 0 Å². The molecule has 0 aromatic heterocycles. The maximum Gasteiger partial charge on any atom is 0.254 e. The van der Waals surface area contributed by atoms with Gasteiger partial charge < -0.3 is 32.1 Å². The molecule has 1 aliphatic heterocycles. The Labute approximate surface area is 188 Å². The van der Waals surface area contributed by atoms with Gasteiger partial charge in [-0.3, -0.25) is 9.59 Å². The average Bonchev–Trinajstić information content (AvgIpc) is 3.56. The van der Waals surface area contributed by atoms with E-state index < -0.39 is 11.8 Å². The average molecular weight is 438 g/mol. The molecule has 32 heavy (non-hydrogen) atoms. The van der Waals surface area contributed by atoms with Crippen LogP contribution in [0.25, 0.3) is 11.1 Å². The van der Waals surface area contributed by atoms with Gasteiger partial charge in [0.05, 0.1) is 6.17 Å². The lowest BCUT2D eigenvalue weighted by molar-refractivity contribution is -0.143. The first-order chi connectivity index (χ1) is 15.3. The molecule has 2 amide bonds. The van der Waals surface area contributed by atoms with E-state index in [4.69, 9.17) is 17.2 Å². The third kappa shape index (κ3) is 4.83. The molecule has 1 atom stereocenters. The van der Waals surface area contributed by atoms with Crippen LogP contribution in [-0.2, 0) is 4.79 Å². The fourth-order valence-electron chi connectivity index (χ4n) is 4.11. The Balaban J connectivity index is 1.39. The number of nitrogens with zero attached hydrogens (tertiary/aromatic N) is 2. The van der Waals surface area contributed by atoms with Crippen molar-refractivity contribution < 1.29 is 14.7 Å². The summed E-state index contributed by atoms with van der Waals surface area (Å²) in [5, 5.41) is 10.0. The third-order valence-electron chi connectivity index (χ3n) is 6.28. The number of carbonyl (C=O) groups excluding carboxylic acids is 2. The molecule has 2 fully saturated rings. The number of amides is 2. The first-order valence-corrected chi connectivity index (χ1v) is 11.0. The normalized spacial score (nSPS) is 18.5. The quantitative estimate of drug-likeness (QED) is 0.493. The van der Waals surface area contributed by atoms with Crippen LogP contribution in [-0.4, -0.2) is 64.7 Å². The van der Waals surface area contributed by atoms with Gasteiger partial charge in [-0.25, -0.2) is 0 Å². The minimum absolute atomic E-state index is 0.0542. The number of rotatable bonds is 6. The highest BCUT2D eigenvalue weighted by Gasteiger charge is 2.50. The summed E-state index contributed by atoms with van der Waals surface area (Å²) in [6.45, 7) is 1.83. The Morgan fingerprint density at radius 2 is 1.53 bits per heavy atom. The predicted octanol–water partition coefficient (Wildman–Crippen LogP) is 0.796. The molecule has 0 radical (unpaired) electrons. The van der Waals surface area contributed by atoms with Crippen molar-refractivity contribution in [3.63, 3.8) is 0 Å². The van der Waals surface area contributed by atoms with Gasteiger partial charge in [0.1, 0.15) is 5.60 Å². The van der Waals surface area contributed by atoms with Crippen LogP contribution in [0.1, 0.15) is 41.2 Å². The minimum Gasteiger partial charge on any atom is -0.380 e. The van der Waals surface area contributed by atoms with Gasteiger partial charge in [-0.05, 0) is 54.2 Å². The monoisotopic (exact) mass is 437 g/mol. The molecule has 1 aliphatic carbocycles. The van der Waals surface area contributed by atoms with Crippen LogP contribution in [0.4, 0.5) is 0 Å². The maximum atomic E-state index is 12.9. The highest BCUT2D eigenvalue weighted by molar-refractivity contribution is 5.95. The van der Waals surface area contributed by atoms with Crippen molar-refractivity contribution in [1.82, 2.24) is 9.80 Å². The molecule has 170 valence electrons. The van der Waals surface area contributed by atoms with Crippen LogP contribution in [0.2, 0.25) is 0 Å². The zero-order valence-electron chi connectivity index (χ0n) is 18.1. The minimum atomic E-state index is -1.15. The van der Waals surface area contributed by atoms with E-state index in [2.05, 4.69) is 0 Å². The molecule has 8 heteroatoms. The smallest absolute Gasteiger partial charge is 0.254 e. The van der Waals surface area contributed by atoms with Crippen molar-refractivity contribution in [3.8, 4) is 11.1 Å². The molecule has 8 nitrogen and oxygen atoms in total. The first-order valence-electron chi connectivity index (χ1n) is 11.0. The van der Waals surface area contributed by atoms with Crippen molar-refractivity contribution in [1.29, 1.82) is 0 Å². The lowest BCUT2D eigenvalue weighted by Gasteiger charge is -2.35. The first kappa shape index (κ1) is 22.4. The summed E-state index contributed by atoms with van der Waals surface area (Å²) in [6.07, 6.45) is 1.10. The van der Waals surface area contributed by atoms with Gasteiger partial charge in [0, 0.05) is 37.8 Å². The molecule has 2 aromatic rings. The standard InChI is InChI=1S/C24H31N5O3/c25-20(15-21(26)27)19-3-1-2-18(14-19)16-4-6-17(7-5-16)22(30)28-10-12-29(13-11-28)23(31)24(32)8-9-24/h1-7,14,20-21,32H,8-13,15,25-27H2. The Bertz CT molecular complexity index is 979. The lowest BCUT2D eigenvalue weighted by atomic mass is 9.97. The van der Waals surface area contributed by atoms with Crippen LogP contribution in [0.15, 0.2) is 48.5 Å². The molecule has 0 bridgehead atoms. The van der Waals surface area contributed by atoms with E-state index in [-0.39, 0.29) is 17.9 Å². The summed E-state index contributed by atoms with van der Waals surface area (Å²) < 4.78 is 0. The molecule has 7 N–H and O–H groups in total. The number of carbonyl (C=O) groups is 2. The fourth-order valence-corrected chi connectivity index (χ4v) is 4.11. The van der Waals surface area contributed by atoms with E-state index >= 15 is 0 Å². The van der Waals surface area contributed by atoms with E-state index in [0.717, 1.165) is 16.7 Å². The molecule has 1 saturated heterocycles. The largest absolute Gasteiger partial charge is 0.380 e. The van der Waals surface area contributed by atoms with Crippen molar-refractivity contribution in [2.45, 2.75) is 37.1 Å². The van der Waals surface area contributed by atoms with Crippen LogP contribution >= 0.6 is 0 Å². The highest BCUT2D eigenvalue weighted by Crippen LogP contribution is 2.37. The second-order valence-electron chi connectivity index (χ2n) is 8.82. The molecular formula is C24H31N5O3. The van der Waals surface area contributed by atoms with Gasteiger partial charge in [0.25, 0.3) is 11.8 Å². The van der Waals surface area contributed by atoms with E-state index in [1.54, 1.807) is 9.80 Å². The van der Waals surface area contributed by atoms with Crippen LogP contribution < -0.4 is 17.2 Å². The second-order valence-corrected chi connectivity index (χ2v) is 8.82. The summed E-state index contributed by atoms with van der Waals surface area (Å²) >= 11 is 0. The molecule has 1 unspecified atom stereocenters. The zero-order chi connectivity index (χ0) is 22.9. The van der Waals surface area contributed by atoms with E-state index in [0.29, 0.717) is 51.0 Å². The number of piperazine rings is 1. The summed E-state index contributed by atoms with van der Waals surface area (Å²) in [5.74, 6) is -0.258. The zero-order valence-corrected chi connectivity index (χ0v) is 18.1. The Kier molecular flexibility index (Phi) is 6.30. The molecule has 4 rings (SSSR count). The number of aliphatic hydroxyl groups is 1. The molecule has 2 aromatic carbocycles. The van der Waals surface area contributed by atoms with Crippen molar-refractivity contribution in [2.75, 3.05) is 26.2 Å². The van der Waals surface area contributed by atoms with Crippen molar-refractivity contribution in [2.24, 2.45) is 17.2 Å². The SMILES string of the molecule is NC(N)CC(N)c1cccc(-c2ccc(C(=O)N3CCN(C(=O)C4(O)CC4)CC3)cc2)c1. The van der Waals surface area contributed by atoms with Crippen LogP contribution in [0.5, 0.6) is 0 Å². The summed E-state index contributed by atoms with van der Waals surface area (Å²) in [4.78, 5) is 28.6. The van der Waals surface area contributed by atoms with Crippen molar-refractivity contribution >= 4 is 11.8 Å². The Hall–Kier alpha value is -2.78. The van der Waals surface area contributed by atoms with Gasteiger partial charge in [-0.1, -0.05) is 30.3 Å². The van der Waals surface area contributed by atoms with Crippen molar-refractivity contribution in [3.05, 3.63) is 59.7 Å². The molecule has 1 saturated carbocycles. The van der Waals surface area contributed by atoms with Gasteiger partial charge in [-0.2, -0.15) is 0 Å². The number of benzene rings is 2. The molecular weight excluding hydrogens is 406 g/mol. The topological polar surface area (TPSA) is 139 Å². The van der Waals surface area contributed by atoms with E-state index in [1.165, 1.54) is 0 Å². The predicted molar refractivity (Wildman–Crippen MR) is 122 cm³/mol. The van der Waals surface area contributed by atoms with Gasteiger partial charge in [-0.15, -0.1) is 0 Å². The number of hydrogen-bond donors (Lipinski definition) is 4. The van der Waals surface area contributed by atoms with Crippen LogP contribution in [0, 0.1) is 0 Å². The Morgan fingerprint density at radius 3 is 2.12 bits per heavy atom. The van der Waals surface area contributed by atoms with Gasteiger partial charge in [0.2, 0.25) is 0 Å². The van der Waals surface area contributed by atoms with E-state index in [9.17, 15) is 14.7 Å². The van der Waals surface area contributed by atoms with E-state index in [1.807, 2.05) is 48.5 Å². The number of hydrogen-bond acceptors (Lipinski definition) is 6. The second kappa shape index (κ2) is 8.99. The summed E-state index contributed by atoms with van der Waals surface area (Å²) in [6, 6.07) is 15.2. The van der Waals surface area contributed by atoms with Gasteiger partial charge >= 0.3 is 0 Å². The summed E-state index contributed by atoms with van der Waals surface area (Å²) in [7, 11) is 0. The van der Waals surface area contributed by atoms with Gasteiger partial charge in [0.15, 0.2) is 0 Å².